The van der Waals surface area contributed by atoms with Gasteiger partial charge in [-0.2, -0.15) is 5.10 Å². The third kappa shape index (κ3) is 1.95. The molecule has 0 saturated carbocycles. The van der Waals surface area contributed by atoms with Gasteiger partial charge in [0.2, 0.25) is 0 Å². The Labute approximate surface area is 92.9 Å². The van der Waals surface area contributed by atoms with Crippen LogP contribution < -0.4 is 0 Å². The summed E-state index contributed by atoms with van der Waals surface area (Å²) in [5.74, 6) is -0.862. The van der Waals surface area contributed by atoms with Crippen molar-refractivity contribution in [2.45, 2.75) is 13.3 Å². The first-order chi connectivity index (χ1) is 7.68. The first-order valence-electron chi connectivity index (χ1n) is 4.98. The number of aromatic amines is 1. The van der Waals surface area contributed by atoms with Crippen LogP contribution in [-0.2, 0) is 11.2 Å². The van der Waals surface area contributed by atoms with E-state index < -0.39 is 5.97 Å². The van der Waals surface area contributed by atoms with Crippen molar-refractivity contribution < 1.29 is 9.90 Å². The minimum atomic E-state index is -0.862. The van der Waals surface area contributed by atoms with Crippen LogP contribution in [0.25, 0.3) is 11.1 Å². The summed E-state index contributed by atoms with van der Waals surface area (Å²) in [6, 6.07) is 7.84. The van der Waals surface area contributed by atoms with Crippen molar-refractivity contribution in [3.63, 3.8) is 0 Å². The zero-order chi connectivity index (χ0) is 11.5. The Bertz CT molecular complexity index is 517. The summed E-state index contributed by atoms with van der Waals surface area (Å²) in [5.41, 5.74) is 3.63. The number of hydrogen-bond acceptors (Lipinski definition) is 2. The Hall–Kier alpha value is -2.10. The summed E-state index contributed by atoms with van der Waals surface area (Å²) in [6.07, 6.45) is 1.63. The minimum Gasteiger partial charge on any atom is -0.481 e. The van der Waals surface area contributed by atoms with Gasteiger partial charge in [0.25, 0.3) is 0 Å². The first-order valence-corrected chi connectivity index (χ1v) is 4.98. The van der Waals surface area contributed by atoms with Crippen molar-refractivity contribution >= 4 is 5.97 Å². The molecule has 0 aliphatic carbocycles. The molecular formula is C12H12N2O2. The second-order valence-corrected chi connectivity index (χ2v) is 3.65. The number of carboxylic acids is 1. The van der Waals surface area contributed by atoms with Crippen molar-refractivity contribution in [1.29, 1.82) is 0 Å². The molecule has 2 rings (SSSR count). The SMILES string of the molecule is Cc1ccccc1-c1cn[nH]c1CC(=O)O. The third-order valence-electron chi connectivity index (χ3n) is 2.48. The maximum atomic E-state index is 10.7. The van der Waals surface area contributed by atoms with Gasteiger partial charge in [0, 0.05) is 5.56 Å². The average molecular weight is 216 g/mol. The highest BCUT2D eigenvalue weighted by Gasteiger charge is 2.11. The molecule has 2 N–H and O–H groups in total. The van der Waals surface area contributed by atoms with Crippen LogP contribution in [0.2, 0.25) is 0 Å². The van der Waals surface area contributed by atoms with Crippen LogP contribution in [0.5, 0.6) is 0 Å². The van der Waals surface area contributed by atoms with Gasteiger partial charge in [-0.05, 0) is 18.1 Å². The van der Waals surface area contributed by atoms with Crippen LogP contribution in [0, 0.1) is 6.92 Å². The van der Waals surface area contributed by atoms with Crippen molar-refractivity contribution in [3.8, 4) is 11.1 Å². The Kier molecular flexibility index (Phi) is 2.72. The predicted octanol–water partition coefficient (Wildman–Crippen LogP) is 2.01. The molecule has 0 aliphatic heterocycles. The standard InChI is InChI=1S/C12H12N2O2/c1-8-4-2-3-5-9(8)10-7-13-14-11(10)6-12(15)16/h2-5,7H,6H2,1H3,(H,13,14)(H,15,16). The summed E-state index contributed by atoms with van der Waals surface area (Å²) >= 11 is 0. The minimum absolute atomic E-state index is 0.0380. The van der Waals surface area contributed by atoms with Gasteiger partial charge in [-0.1, -0.05) is 24.3 Å². The number of carboxylic acid groups (broad SMARTS) is 1. The molecule has 16 heavy (non-hydrogen) atoms. The monoisotopic (exact) mass is 216 g/mol. The van der Waals surface area contributed by atoms with Gasteiger partial charge in [0.1, 0.15) is 0 Å². The average Bonchev–Trinajstić information content (AvgIpc) is 2.66. The summed E-state index contributed by atoms with van der Waals surface area (Å²) in [7, 11) is 0. The lowest BCUT2D eigenvalue weighted by Crippen LogP contribution is -2.02. The Morgan fingerprint density at radius 2 is 2.12 bits per heavy atom. The van der Waals surface area contributed by atoms with Crippen molar-refractivity contribution in [2.75, 3.05) is 0 Å². The van der Waals surface area contributed by atoms with Crippen LogP contribution >= 0.6 is 0 Å². The molecule has 0 unspecified atom stereocenters. The molecule has 0 fully saturated rings. The molecule has 1 aromatic heterocycles. The van der Waals surface area contributed by atoms with Crippen LogP contribution in [-0.4, -0.2) is 21.3 Å². The van der Waals surface area contributed by atoms with E-state index in [1.807, 2.05) is 31.2 Å². The number of nitrogens with one attached hydrogen (secondary N) is 1. The summed E-state index contributed by atoms with van der Waals surface area (Å²) < 4.78 is 0. The number of aromatic nitrogens is 2. The molecule has 1 heterocycles. The molecule has 0 atom stereocenters. The predicted molar refractivity (Wildman–Crippen MR) is 60.1 cm³/mol. The van der Waals surface area contributed by atoms with E-state index in [1.165, 1.54) is 0 Å². The zero-order valence-corrected chi connectivity index (χ0v) is 8.90. The van der Waals surface area contributed by atoms with E-state index in [9.17, 15) is 4.79 Å². The normalized spacial score (nSPS) is 10.3. The van der Waals surface area contributed by atoms with Gasteiger partial charge in [-0.15, -0.1) is 0 Å². The Balaban J connectivity index is 2.45. The van der Waals surface area contributed by atoms with Crippen molar-refractivity contribution in [2.24, 2.45) is 0 Å². The Morgan fingerprint density at radius 1 is 1.38 bits per heavy atom. The van der Waals surface area contributed by atoms with Gasteiger partial charge in [0.05, 0.1) is 18.3 Å². The molecule has 0 spiro atoms. The first kappa shape index (κ1) is 10.4. The molecule has 0 aliphatic rings. The number of aryl methyl sites for hydroxylation is 1. The highest BCUT2D eigenvalue weighted by molar-refractivity contribution is 5.76. The van der Waals surface area contributed by atoms with Gasteiger partial charge < -0.3 is 5.11 Å². The lowest BCUT2D eigenvalue weighted by Gasteiger charge is -2.04. The maximum absolute atomic E-state index is 10.7. The number of hydrogen-bond donors (Lipinski definition) is 2. The molecule has 0 amide bonds. The Morgan fingerprint density at radius 3 is 2.81 bits per heavy atom. The van der Waals surface area contributed by atoms with Gasteiger partial charge >= 0.3 is 5.97 Å². The van der Waals surface area contributed by atoms with Gasteiger partial charge in [0.15, 0.2) is 0 Å². The van der Waals surface area contributed by atoms with Crippen LogP contribution in [0.1, 0.15) is 11.3 Å². The van der Waals surface area contributed by atoms with Crippen LogP contribution in [0.3, 0.4) is 0 Å². The summed E-state index contributed by atoms with van der Waals surface area (Å²) in [6.45, 7) is 1.99. The number of aliphatic carboxylic acids is 1. The topological polar surface area (TPSA) is 66.0 Å². The molecule has 82 valence electrons. The van der Waals surface area contributed by atoms with E-state index in [0.29, 0.717) is 5.69 Å². The van der Waals surface area contributed by atoms with E-state index in [4.69, 9.17) is 5.11 Å². The lowest BCUT2D eigenvalue weighted by atomic mass is 10.0. The van der Waals surface area contributed by atoms with E-state index in [-0.39, 0.29) is 6.42 Å². The molecular weight excluding hydrogens is 204 g/mol. The smallest absolute Gasteiger partial charge is 0.309 e. The second kappa shape index (κ2) is 4.18. The molecule has 2 aromatic rings. The molecule has 0 saturated heterocycles. The summed E-state index contributed by atoms with van der Waals surface area (Å²) in [4.78, 5) is 10.7. The van der Waals surface area contributed by atoms with Crippen molar-refractivity contribution in [1.82, 2.24) is 10.2 Å². The van der Waals surface area contributed by atoms with E-state index >= 15 is 0 Å². The highest BCUT2D eigenvalue weighted by atomic mass is 16.4. The zero-order valence-electron chi connectivity index (χ0n) is 8.90. The van der Waals surface area contributed by atoms with E-state index in [1.54, 1.807) is 6.20 Å². The highest BCUT2D eigenvalue weighted by Crippen LogP contribution is 2.25. The number of nitrogens with zero attached hydrogens (tertiary/aromatic N) is 1. The van der Waals surface area contributed by atoms with E-state index in [0.717, 1.165) is 16.7 Å². The van der Waals surface area contributed by atoms with Gasteiger partial charge in [-0.3, -0.25) is 9.89 Å². The summed E-state index contributed by atoms with van der Waals surface area (Å²) in [5, 5.41) is 15.4. The number of H-pyrrole nitrogens is 1. The fourth-order valence-electron chi connectivity index (χ4n) is 1.71. The van der Waals surface area contributed by atoms with Gasteiger partial charge in [-0.25, -0.2) is 0 Å². The van der Waals surface area contributed by atoms with Crippen molar-refractivity contribution in [3.05, 3.63) is 41.7 Å². The fraction of sp³-hybridized carbons (Fsp3) is 0.167. The van der Waals surface area contributed by atoms with Crippen LogP contribution in [0.4, 0.5) is 0 Å². The number of benzene rings is 1. The molecule has 0 bridgehead atoms. The number of rotatable bonds is 3. The number of carbonyl (C=O) groups is 1. The second-order valence-electron chi connectivity index (χ2n) is 3.65. The third-order valence-corrected chi connectivity index (χ3v) is 2.48. The van der Waals surface area contributed by atoms with Crippen LogP contribution in [0.15, 0.2) is 30.5 Å². The quantitative estimate of drug-likeness (QED) is 0.824. The molecule has 0 radical (unpaired) electrons. The fourth-order valence-corrected chi connectivity index (χ4v) is 1.71. The van der Waals surface area contributed by atoms with E-state index in [2.05, 4.69) is 10.2 Å². The molecule has 4 nitrogen and oxygen atoms in total. The lowest BCUT2D eigenvalue weighted by molar-refractivity contribution is -0.136. The largest absolute Gasteiger partial charge is 0.481 e. The molecule has 4 heteroatoms. The molecule has 1 aromatic carbocycles. The maximum Gasteiger partial charge on any atom is 0.309 e.